The zero-order chi connectivity index (χ0) is 25.7. The Morgan fingerprint density at radius 2 is 1.00 bits per heavy atom. The van der Waals surface area contributed by atoms with E-state index in [0.717, 1.165) is 11.1 Å². The fourth-order valence-corrected chi connectivity index (χ4v) is 4.28. The molecule has 1 aliphatic rings. The summed E-state index contributed by atoms with van der Waals surface area (Å²) in [4.78, 5) is 27.0. The van der Waals surface area contributed by atoms with Crippen LogP contribution in [0.3, 0.4) is 0 Å². The molecule has 0 amide bonds. The van der Waals surface area contributed by atoms with E-state index in [2.05, 4.69) is 0 Å². The summed E-state index contributed by atoms with van der Waals surface area (Å²) in [5.74, 6) is -2.01. The van der Waals surface area contributed by atoms with Gasteiger partial charge >= 0.3 is 0 Å². The van der Waals surface area contributed by atoms with Crippen molar-refractivity contribution < 1.29 is 29.3 Å². The number of nitrogens with two attached hydrogens (primary N) is 2. The number of ether oxygens (including phenoxy) is 2. The van der Waals surface area contributed by atoms with Crippen molar-refractivity contribution in [2.24, 2.45) is 0 Å². The lowest BCUT2D eigenvalue weighted by molar-refractivity contribution is 0.0974. The van der Waals surface area contributed by atoms with Crippen molar-refractivity contribution in [1.29, 1.82) is 0 Å². The van der Waals surface area contributed by atoms with Gasteiger partial charge in [0.1, 0.15) is 11.5 Å². The summed E-state index contributed by atoms with van der Waals surface area (Å²) >= 11 is 0. The molecular weight excluding hydrogens is 460 g/mol. The van der Waals surface area contributed by atoms with Crippen molar-refractivity contribution in [3.8, 4) is 34.5 Å². The van der Waals surface area contributed by atoms with Gasteiger partial charge in [0, 0.05) is 23.5 Å². The van der Waals surface area contributed by atoms with E-state index >= 15 is 0 Å². The smallest absolute Gasteiger partial charge is 0.200 e. The molecule has 0 saturated carbocycles. The summed E-state index contributed by atoms with van der Waals surface area (Å²) in [6.45, 7) is 3.75. The first-order valence-corrected chi connectivity index (χ1v) is 11.0. The molecule has 4 aromatic rings. The minimum Gasteiger partial charge on any atom is -0.504 e. The second-order valence-electron chi connectivity index (χ2n) is 8.62. The molecule has 180 valence electrons. The van der Waals surface area contributed by atoms with Crippen LogP contribution in [0, 0.1) is 13.8 Å². The second kappa shape index (κ2) is 8.35. The number of rotatable bonds is 4. The Labute approximate surface area is 206 Å². The van der Waals surface area contributed by atoms with Crippen LogP contribution in [0.5, 0.6) is 34.5 Å². The maximum atomic E-state index is 13.5. The maximum Gasteiger partial charge on any atom is 0.200 e. The van der Waals surface area contributed by atoms with Crippen LogP contribution in [0.2, 0.25) is 0 Å². The number of fused-ring (bicyclic) bond motifs is 2. The highest BCUT2D eigenvalue weighted by molar-refractivity contribution is 6.33. The van der Waals surface area contributed by atoms with Gasteiger partial charge in [0.15, 0.2) is 23.0 Å². The van der Waals surface area contributed by atoms with Crippen LogP contribution < -0.4 is 20.9 Å². The van der Waals surface area contributed by atoms with Crippen LogP contribution in [-0.2, 0) is 0 Å². The fourth-order valence-electron chi connectivity index (χ4n) is 4.28. The summed E-state index contributed by atoms with van der Waals surface area (Å²) in [5.41, 5.74) is 12.8. The first-order chi connectivity index (χ1) is 17.2. The zero-order valence-electron chi connectivity index (χ0n) is 19.5. The van der Waals surface area contributed by atoms with Crippen LogP contribution >= 0.6 is 0 Å². The number of nitrogen functional groups attached to an aromatic ring is 2. The molecule has 0 atom stereocenters. The number of carbonyl (C=O) groups excluding carboxylic acids is 2. The third-order valence-electron chi connectivity index (χ3n) is 5.93. The zero-order valence-corrected chi connectivity index (χ0v) is 19.5. The molecule has 0 unspecified atom stereocenters. The Morgan fingerprint density at radius 3 is 1.36 bits per heavy atom. The first kappa shape index (κ1) is 22.8. The van der Waals surface area contributed by atoms with Crippen molar-refractivity contribution in [3.05, 3.63) is 94.0 Å². The summed E-state index contributed by atoms with van der Waals surface area (Å²) in [6.07, 6.45) is 0. The Bertz CT molecular complexity index is 1470. The van der Waals surface area contributed by atoms with E-state index in [1.807, 2.05) is 26.0 Å². The Hall–Kier alpha value is -4.98. The maximum absolute atomic E-state index is 13.5. The van der Waals surface area contributed by atoms with Gasteiger partial charge in [-0.15, -0.1) is 0 Å². The molecule has 0 aromatic heterocycles. The number of phenolic OH excluding ortho intramolecular Hbond substituents is 2. The molecule has 0 heterocycles. The quantitative estimate of drug-likeness (QED) is 0.201. The van der Waals surface area contributed by atoms with E-state index in [0.29, 0.717) is 11.5 Å². The van der Waals surface area contributed by atoms with Crippen LogP contribution in [0.1, 0.15) is 43.0 Å². The predicted molar refractivity (Wildman–Crippen MR) is 134 cm³/mol. The van der Waals surface area contributed by atoms with Gasteiger partial charge in [-0.25, -0.2) is 0 Å². The van der Waals surface area contributed by atoms with E-state index in [-0.39, 0.29) is 45.1 Å². The third kappa shape index (κ3) is 3.65. The van der Waals surface area contributed by atoms with Gasteiger partial charge in [0.25, 0.3) is 0 Å². The predicted octanol–water partition coefficient (Wildman–Crippen LogP) is 5.24. The number of aromatic hydroxyl groups is 2. The molecule has 8 heteroatoms. The molecule has 8 nitrogen and oxygen atoms in total. The number of phenols is 2. The molecule has 1 aliphatic carbocycles. The van der Waals surface area contributed by atoms with E-state index in [9.17, 15) is 19.8 Å². The average molecular weight is 482 g/mol. The lowest BCUT2D eigenvalue weighted by atomic mass is 9.81. The topological polar surface area (TPSA) is 145 Å². The Balaban J connectivity index is 1.63. The van der Waals surface area contributed by atoms with Gasteiger partial charge in [-0.2, -0.15) is 0 Å². The lowest BCUT2D eigenvalue weighted by Gasteiger charge is -2.24. The van der Waals surface area contributed by atoms with Crippen LogP contribution in [-0.4, -0.2) is 21.8 Å². The number of carbonyl (C=O) groups is 2. The van der Waals surface area contributed by atoms with Crippen molar-refractivity contribution in [1.82, 2.24) is 0 Å². The van der Waals surface area contributed by atoms with Gasteiger partial charge in [0.05, 0.1) is 22.3 Å². The van der Waals surface area contributed by atoms with E-state index in [1.54, 1.807) is 36.4 Å². The highest BCUT2D eigenvalue weighted by Crippen LogP contribution is 2.48. The normalized spacial score (nSPS) is 12.2. The number of hydrogen-bond donors (Lipinski definition) is 4. The lowest BCUT2D eigenvalue weighted by Crippen LogP contribution is -2.24. The Morgan fingerprint density at radius 1 is 0.611 bits per heavy atom. The minimum atomic E-state index is -0.770. The van der Waals surface area contributed by atoms with E-state index in [1.165, 1.54) is 12.1 Å². The number of anilines is 2. The molecule has 0 saturated heterocycles. The largest absolute Gasteiger partial charge is 0.504 e. The molecule has 0 radical (unpaired) electrons. The van der Waals surface area contributed by atoms with Gasteiger partial charge in [-0.1, -0.05) is 24.3 Å². The van der Waals surface area contributed by atoms with E-state index < -0.39 is 23.1 Å². The second-order valence-corrected chi connectivity index (χ2v) is 8.62. The fraction of sp³-hybridized carbons (Fsp3) is 0.0714. The average Bonchev–Trinajstić information content (AvgIpc) is 2.81. The third-order valence-corrected chi connectivity index (χ3v) is 5.93. The van der Waals surface area contributed by atoms with Crippen LogP contribution in [0.25, 0.3) is 0 Å². The van der Waals surface area contributed by atoms with Crippen molar-refractivity contribution in [3.63, 3.8) is 0 Å². The molecule has 4 aromatic carbocycles. The molecule has 0 spiro atoms. The molecule has 6 N–H and O–H groups in total. The number of hydrogen-bond acceptors (Lipinski definition) is 8. The summed E-state index contributed by atoms with van der Waals surface area (Å²) in [7, 11) is 0. The minimum absolute atomic E-state index is 0.0938. The van der Waals surface area contributed by atoms with Crippen LogP contribution in [0.15, 0.2) is 60.7 Å². The Kier molecular flexibility index (Phi) is 5.29. The van der Waals surface area contributed by atoms with Gasteiger partial charge in [-0.3, -0.25) is 9.59 Å². The standard InChI is InChI=1S/C28H22N2O6/c1-13-5-3-7-15(9-13)35-19-11-17(29)21-23(25(19)31)27(33)22-18(30)12-20(26(32)24(22)28(21)34)36-16-8-4-6-14(2)10-16/h3-12,31-32H,29-30H2,1-2H3. The van der Waals surface area contributed by atoms with Crippen molar-refractivity contribution in [2.45, 2.75) is 13.8 Å². The molecule has 0 fully saturated rings. The van der Waals surface area contributed by atoms with Gasteiger partial charge in [-0.05, 0) is 49.2 Å². The molecule has 5 rings (SSSR count). The van der Waals surface area contributed by atoms with Crippen LogP contribution in [0.4, 0.5) is 11.4 Å². The molecular formula is C28H22N2O6. The highest BCUT2D eigenvalue weighted by atomic mass is 16.5. The summed E-state index contributed by atoms with van der Waals surface area (Å²) < 4.78 is 11.5. The summed E-state index contributed by atoms with van der Waals surface area (Å²) in [6, 6.07) is 16.7. The van der Waals surface area contributed by atoms with E-state index in [4.69, 9.17) is 20.9 Å². The molecule has 0 aliphatic heterocycles. The van der Waals surface area contributed by atoms with Gasteiger partial charge < -0.3 is 31.2 Å². The summed E-state index contributed by atoms with van der Waals surface area (Å²) in [5, 5.41) is 21.9. The van der Waals surface area contributed by atoms with Crippen molar-refractivity contribution >= 4 is 22.9 Å². The number of ketones is 2. The molecule has 36 heavy (non-hydrogen) atoms. The first-order valence-electron chi connectivity index (χ1n) is 11.0. The SMILES string of the molecule is Cc1cccc(Oc2cc(N)c3c(c2O)C(=O)c2c(N)cc(Oc4cccc(C)c4)c(O)c2C3=O)c1. The number of benzene rings is 4. The van der Waals surface area contributed by atoms with Crippen molar-refractivity contribution in [2.75, 3.05) is 11.5 Å². The monoisotopic (exact) mass is 482 g/mol. The number of aryl methyl sites for hydroxylation is 2. The van der Waals surface area contributed by atoms with Gasteiger partial charge in [0.2, 0.25) is 11.6 Å². The highest BCUT2D eigenvalue weighted by Gasteiger charge is 2.40. The molecule has 0 bridgehead atoms.